The lowest BCUT2D eigenvalue weighted by molar-refractivity contribution is -0.167. The second-order valence-electron chi connectivity index (χ2n) is 20.5. The lowest BCUT2D eigenvalue weighted by Gasteiger charge is -2.18. The lowest BCUT2D eigenvalue weighted by atomic mass is 9.99. The van der Waals surface area contributed by atoms with Gasteiger partial charge in [0.1, 0.15) is 13.2 Å². The van der Waals surface area contributed by atoms with E-state index < -0.39 is 6.10 Å². The van der Waals surface area contributed by atoms with Crippen LogP contribution in [0.5, 0.6) is 0 Å². The topological polar surface area (TPSA) is 78.9 Å². The fraction of sp³-hybridized carbons (Fsp3) is 0.947. The average molecular weight is 892 g/mol. The predicted molar refractivity (Wildman–Crippen MR) is 270 cm³/mol. The zero-order chi connectivity index (χ0) is 46.3. The van der Waals surface area contributed by atoms with Crippen LogP contribution in [-0.4, -0.2) is 37.2 Å². The third-order valence-electron chi connectivity index (χ3n) is 13.6. The van der Waals surface area contributed by atoms with Crippen LogP contribution >= 0.6 is 0 Å². The molecule has 63 heavy (non-hydrogen) atoms. The van der Waals surface area contributed by atoms with Crippen LogP contribution in [0.4, 0.5) is 0 Å². The number of rotatable bonds is 50. The molecule has 0 aromatic rings. The first-order valence-electron chi connectivity index (χ1n) is 28.2. The van der Waals surface area contributed by atoms with Crippen molar-refractivity contribution in [3.63, 3.8) is 0 Å². The van der Waals surface area contributed by atoms with E-state index in [1.54, 1.807) is 0 Å². The van der Waals surface area contributed by atoms with Crippen LogP contribution in [0.2, 0.25) is 0 Å². The number of carbonyl (C=O) groups excluding carboxylic acids is 3. The number of esters is 3. The Morgan fingerprint density at radius 1 is 0.317 bits per heavy atom. The Morgan fingerprint density at radius 3 is 0.825 bits per heavy atom. The minimum atomic E-state index is -0.763. The van der Waals surface area contributed by atoms with Crippen molar-refractivity contribution in [2.75, 3.05) is 13.2 Å². The molecule has 0 aromatic carbocycles. The zero-order valence-corrected chi connectivity index (χ0v) is 43.4. The van der Waals surface area contributed by atoms with Crippen molar-refractivity contribution in [1.82, 2.24) is 0 Å². The molecule has 0 bridgehead atoms. The normalized spacial score (nSPS) is 13.0. The number of unbranched alkanes of at least 4 members (excludes halogenated alkanes) is 31. The number of carbonyl (C=O) groups is 3. The van der Waals surface area contributed by atoms with Crippen LogP contribution in [0.3, 0.4) is 0 Å². The standard InChI is InChI=1S/C57H110O6/c1-7-52(5)44-38-32-26-19-17-15-13-11-9-10-12-14-16-18-20-30-36-42-48-57(60)63-54(49-61-55(58)46-40-34-28-23-21-25-31-37-43-51(3)4)50-62-56(59)47-41-35-29-24-22-27-33-39-45-53(6)8-2/h51-54H,7-50H2,1-6H3/t52?,53?,54-/m0/s1. The SMILES string of the molecule is CCC(C)CCCCCCCCCCCCCCCCCCCCC(=O)O[C@@H](COC(=O)CCCCCCCCCCC(C)C)COC(=O)CCCCCCCCCCC(C)CC. The second-order valence-corrected chi connectivity index (χ2v) is 20.5. The molecule has 0 aliphatic heterocycles. The summed E-state index contributed by atoms with van der Waals surface area (Å²) in [7, 11) is 0. The van der Waals surface area contributed by atoms with E-state index in [0.717, 1.165) is 75.5 Å². The van der Waals surface area contributed by atoms with E-state index in [0.29, 0.717) is 19.3 Å². The fourth-order valence-electron chi connectivity index (χ4n) is 8.58. The Morgan fingerprint density at radius 2 is 0.556 bits per heavy atom. The van der Waals surface area contributed by atoms with Gasteiger partial charge in [-0.3, -0.25) is 14.4 Å². The van der Waals surface area contributed by atoms with Crippen molar-refractivity contribution < 1.29 is 28.6 Å². The monoisotopic (exact) mass is 891 g/mol. The second kappa shape index (κ2) is 48.3. The van der Waals surface area contributed by atoms with Gasteiger partial charge in [-0.15, -0.1) is 0 Å². The molecule has 374 valence electrons. The van der Waals surface area contributed by atoms with E-state index in [1.807, 2.05) is 0 Å². The maximum Gasteiger partial charge on any atom is 0.306 e. The number of ether oxygens (including phenoxy) is 3. The van der Waals surface area contributed by atoms with E-state index >= 15 is 0 Å². The van der Waals surface area contributed by atoms with Crippen molar-refractivity contribution in [3.8, 4) is 0 Å². The van der Waals surface area contributed by atoms with Crippen molar-refractivity contribution in [1.29, 1.82) is 0 Å². The van der Waals surface area contributed by atoms with Crippen molar-refractivity contribution in [2.24, 2.45) is 17.8 Å². The zero-order valence-electron chi connectivity index (χ0n) is 43.4. The van der Waals surface area contributed by atoms with Gasteiger partial charge in [0, 0.05) is 19.3 Å². The third kappa shape index (κ3) is 48.2. The van der Waals surface area contributed by atoms with Crippen LogP contribution in [0.25, 0.3) is 0 Å². The molecule has 0 aromatic heterocycles. The molecule has 0 heterocycles. The van der Waals surface area contributed by atoms with Crippen molar-refractivity contribution >= 4 is 17.9 Å². The van der Waals surface area contributed by atoms with Gasteiger partial charge < -0.3 is 14.2 Å². The summed E-state index contributed by atoms with van der Waals surface area (Å²) >= 11 is 0. The molecule has 0 amide bonds. The van der Waals surface area contributed by atoms with Gasteiger partial charge in [-0.2, -0.15) is 0 Å². The maximum atomic E-state index is 12.8. The van der Waals surface area contributed by atoms with E-state index in [-0.39, 0.29) is 31.1 Å². The summed E-state index contributed by atoms with van der Waals surface area (Å²) < 4.78 is 16.8. The molecule has 0 radical (unpaired) electrons. The van der Waals surface area contributed by atoms with Crippen molar-refractivity contribution in [2.45, 2.75) is 317 Å². The van der Waals surface area contributed by atoms with Gasteiger partial charge in [0.25, 0.3) is 0 Å². The molecule has 0 aliphatic carbocycles. The summed E-state index contributed by atoms with van der Waals surface area (Å²) in [6, 6.07) is 0. The summed E-state index contributed by atoms with van der Waals surface area (Å²) in [6.45, 7) is 13.8. The average Bonchev–Trinajstić information content (AvgIpc) is 3.27. The Bertz CT molecular complexity index is 980. The van der Waals surface area contributed by atoms with E-state index in [2.05, 4.69) is 41.5 Å². The largest absolute Gasteiger partial charge is 0.462 e. The maximum absolute atomic E-state index is 12.8. The van der Waals surface area contributed by atoms with Gasteiger partial charge in [0.15, 0.2) is 6.10 Å². The van der Waals surface area contributed by atoms with Gasteiger partial charge >= 0.3 is 17.9 Å². The van der Waals surface area contributed by atoms with Crippen LogP contribution < -0.4 is 0 Å². The molecule has 0 spiro atoms. The van der Waals surface area contributed by atoms with Gasteiger partial charge in [-0.1, -0.05) is 273 Å². The molecule has 3 atom stereocenters. The van der Waals surface area contributed by atoms with Crippen molar-refractivity contribution in [3.05, 3.63) is 0 Å². The Kier molecular flexibility index (Phi) is 47.1. The van der Waals surface area contributed by atoms with Crippen LogP contribution in [0, 0.1) is 17.8 Å². The first-order chi connectivity index (χ1) is 30.7. The Hall–Kier alpha value is -1.59. The predicted octanol–water partition coefficient (Wildman–Crippen LogP) is 18.3. The molecule has 0 aliphatic rings. The summed E-state index contributed by atoms with van der Waals surface area (Å²) in [5.74, 6) is 1.70. The van der Waals surface area contributed by atoms with Crippen LogP contribution in [0.15, 0.2) is 0 Å². The smallest absolute Gasteiger partial charge is 0.306 e. The summed E-state index contributed by atoms with van der Waals surface area (Å²) in [4.78, 5) is 38.0. The van der Waals surface area contributed by atoms with Gasteiger partial charge in [0.05, 0.1) is 0 Å². The van der Waals surface area contributed by atoms with Crippen LogP contribution in [0.1, 0.15) is 311 Å². The minimum Gasteiger partial charge on any atom is -0.462 e. The van der Waals surface area contributed by atoms with Gasteiger partial charge in [-0.05, 0) is 37.0 Å². The molecular formula is C57H110O6. The molecule has 0 rings (SSSR count). The highest BCUT2D eigenvalue weighted by molar-refractivity contribution is 5.71. The Balaban J connectivity index is 4.23. The number of hydrogen-bond acceptors (Lipinski definition) is 6. The minimum absolute atomic E-state index is 0.0650. The van der Waals surface area contributed by atoms with Gasteiger partial charge in [-0.25, -0.2) is 0 Å². The Labute approximate surface area is 393 Å². The molecule has 6 nitrogen and oxygen atoms in total. The number of hydrogen-bond donors (Lipinski definition) is 0. The molecule has 0 saturated carbocycles. The third-order valence-corrected chi connectivity index (χ3v) is 13.6. The van der Waals surface area contributed by atoms with E-state index in [1.165, 1.54) is 193 Å². The highest BCUT2D eigenvalue weighted by atomic mass is 16.6. The molecule has 0 fully saturated rings. The summed E-state index contributed by atoms with van der Waals surface area (Å²) in [5.41, 5.74) is 0. The lowest BCUT2D eigenvalue weighted by Crippen LogP contribution is -2.30. The summed E-state index contributed by atoms with van der Waals surface area (Å²) in [6.07, 6.45) is 49.5. The molecule has 6 heteroatoms. The molecule has 2 unspecified atom stereocenters. The van der Waals surface area contributed by atoms with E-state index in [9.17, 15) is 14.4 Å². The molecule has 0 saturated heterocycles. The van der Waals surface area contributed by atoms with E-state index in [4.69, 9.17) is 14.2 Å². The first kappa shape index (κ1) is 61.4. The van der Waals surface area contributed by atoms with Crippen LogP contribution in [-0.2, 0) is 28.6 Å². The first-order valence-corrected chi connectivity index (χ1v) is 28.2. The molecular weight excluding hydrogens is 781 g/mol. The molecule has 0 N–H and O–H groups in total. The highest BCUT2D eigenvalue weighted by Gasteiger charge is 2.19. The quantitative estimate of drug-likeness (QED) is 0.0344. The fourth-order valence-corrected chi connectivity index (χ4v) is 8.58. The highest BCUT2D eigenvalue weighted by Crippen LogP contribution is 2.19. The van der Waals surface area contributed by atoms with Gasteiger partial charge in [0.2, 0.25) is 0 Å². The summed E-state index contributed by atoms with van der Waals surface area (Å²) in [5, 5.41) is 0.